The number of halogens is 3. The molecule has 0 saturated carbocycles. The second-order valence-electron chi connectivity index (χ2n) is 5.19. The molecule has 0 aliphatic carbocycles. The number of aliphatic carboxylic acids is 1. The lowest BCUT2D eigenvalue weighted by Gasteiger charge is -2.12. The van der Waals surface area contributed by atoms with Crippen LogP contribution in [0.5, 0.6) is 11.5 Å². The highest BCUT2D eigenvalue weighted by molar-refractivity contribution is 6.32. The number of alkyl halides is 3. The molecule has 0 radical (unpaired) electrons. The first-order valence-corrected chi connectivity index (χ1v) is 7.22. The van der Waals surface area contributed by atoms with Gasteiger partial charge in [-0.15, -0.1) is 13.2 Å². The fourth-order valence-corrected chi connectivity index (χ4v) is 2.04. The molecular weight excluding hydrogens is 336 g/mol. The predicted molar refractivity (Wildman–Crippen MR) is 88.7 cm³/mol. The molecule has 0 aliphatic heterocycles. The van der Waals surface area contributed by atoms with E-state index in [4.69, 9.17) is 9.84 Å². The molecule has 0 aromatic heterocycles. The molecule has 0 spiro atoms. The molecule has 25 heavy (non-hydrogen) atoms. The van der Waals surface area contributed by atoms with Crippen LogP contribution < -0.4 is 14.9 Å². The summed E-state index contributed by atoms with van der Waals surface area (Å²) in [5.74, 6) is -0.914. The van der Waals surface area contributed by atoms with Gasteiger partial charge in [-0.05, 0) is 29.8 Å². The zero-order chi connectivity index (χ0) is 18.4. The summed E-state index contributed by atoms with van der Waals surface area (Å²) in [6, 6.07) is 10.6. The van der Waals surface area contributed by atoms with Gasteiger partial charge in [0.2, 0.25) is 0 Å². The quantitative estimate of drug-likeness (QED) is 0.643. The zero-order valence-electron chi connectivity index (χ0n) is 13.2. The summed E-state index contributed by atoms with van der Waals surface area (Å²) in [5.41, 5.74) is 2.17. The van der Waals surface area contributed by atoms with E-state index in [2.05, 4.69) is 4.74 Å². The average molecular weight is 350 g/mol. The standard InChI is InChI=1S/C17H14BF3O4/c18-13-4-7-15(12(9-13)3-8-16(22)23)24-10-11-1-5-14(6-2-11)25-17(19,20)21/h1-9H,10,18H2,(H,22,23)/b8-3+. The van der Waals surface area contributed by atoms with Gasteiger partial charge in [-0.2, -0.15) is 0 Å². The average Bonchev–Trinajstić information content (AvgIpc) is 2.52. The molecule has 0 unspecified atom stereocenters. The van der Waals surface area contributed by atoms with Crippen molar-refractivity contribution in [2.45, 2.75) is 13.0 Å². The largest absolute Gasteiger partial charge is 0.573 e. The van der Waals surface area contributed by atoms with E-state index in [0.717, 1.165) is 11.5 Å². The number of rotatable bonds is 6. The molecule has 2 rings (SSSR count). The number of carbonyl (C=O) groups is 1. The number of carboxylic acid groups (broad SMARTS) is 1. The maximum atomic E-state index is 12.1. The molecule has 4 nitrogen and oxygen atoms in total. The molecule has 0 bridgehead atoms. The van der Waals surface area contributed by atoms with Crippen LogP contribution in [0.15, 0.2) is 48.5 Å². The highest BCUT2D eigenvalue weighted by Crippen LogP contribution is 2.24. The van der Waals surface area contributed by atoms with Gasteiger partial charge in [0, 0.05) is 11.6 Å². The van der Waals surface area contributed by atoms with Crippen LogP contribution in [0.1, 0.15) is 11.1 Å². The molecule has 0 aliphatic rings. The van der Waals surface area contributed by atoms with E-state index in [0.29, 0.717) is 16.9 Å². The molecule has 0 fully saturated rings. The van der Waals surface area contributed by atoms with Crippen LogP contribution in [0.3, 0.4) is 0 Å². The van der Waals surface area contributed by atoms with Crippen LogP contribution in [-0.2, 0) is 11.4 Å². The molecule has 0 atom stereocenters. The minimum absolute atomic E-state index is 0.114. The summed E-state index contributed by atoms with van der Waals surface area (Å²) >= 11 is 0. The van der Waals surface area contributed by atoms with E-state index in [1.165, 1.54) is 30.3 Å². The molecule has 0 saturated heterocycles. The molecule has 0 amide bonds. The summed E-state index contributed by atoms with van der Waals surface area (Å²) in [4.78, 5) is 10.7. The Hall–Kier alpha value is -2.90. The van der Waals surface area contributed by atoms with Gasteiger partial charge in [-0.3, -0.25) is 0 Å². The van der Waals surface area contributed by atoms with Crippen molar-refractivity contribution in [2.24, 2.45) is 0 Å². The number of hydrogen-bond donors (Lipinski definition) is 1. The van der Waals surface area contributed by atoms with Gasteiger partial charge in [0.15, 0.2) is 0 Å². The Balaban J connectivity index is 2.07. The fourth-order valence-electron chi connectivity index (χ4n) is 2.04. The molecule has 130 valence electrons. The Bertz CT molecular complexity index is 770. The van der Waals surface area contributed by atoms with Crippen molar-refractivity contribution < 1.29 is 32.5 Å². The third-order valence-corrected chi connectivity index (χ3v) is 3.12. The van der Waals surface area contributed by atoms with Gasteiger partial charge in [0.1, 0.15) is 26.0 Å². The van der Waals surface area contributed by atoms with Gasteiger partial charge < -0.3 is 14.6 Å². The maximum absolute atomic E-state index is 12.1. The summed E-state index contributed by atoms with van der Waals surface area (Å²) in [6.07, 6.45) is -2.30. The van der Waals surface area contributed by atoms with E-state index in [9.17, 15) is 18.0 Å². The Morgan fingerprint density at radius 1 is 1.16 bits per heavy atom. The molecule has 0 heterocycles. The first-order chi connectivity index (χ1) is 11.7. The van der Waals surface area contributed by atoms with Crippen LogP contribution in [0.4, 0.5) is 13.2 Å². The van der Waals surface area contributed by atoms with Gasteiger partial charge >= 0.3 is 12.3 Å². The lowest BCUT2D eigenvalue weighted by atomic mass is 9.94. The van der Waals surface area contributed by atoms with Gasteiger partial charge in [0.05, 0.1) is 0 Å². The van der Waals surface area contributed by atoms with Crippen molar-refractivity contribution in [3.8, 4) is 11.5 Å². The minimum Gasteiger partial charge on any atom is -0.488 e. The highest BCUT2D eigenvalue weighted by Gasteiger charge is 2.30. The van der Waals surface area contributed by atoms with Crippen molar-refractivity contribution in [1.29, 1.82) is 0 Å². The topological polar surface area (TPSA) is 55.8 Å². The highest BCUT2D eigenvalue weighted by atomic mass is 19.4. The van der Waals surface area contributed by atoms with Crippen molar-refractivity contribution in [1.82, 2.24) is 0 Å². The Morgan fingerprint density at radius 2 is 1.84 bits per heavy atom. The van der Waals surface area contributed by atoms with Crippen molar-refractivity contribution in [3.63, 3.8) is 0 Å². The lowest BCUT2D eigenvalue weighted by Crippen LogP contribution is -2.17. The van der Waals surface area contributed by atoms with Crippen molar-refractivity contribution in [3.05, 3.63) is 59.7 Å². The van der Waals surface area contributed by atoms with Crippen LogP contribution >= 0.6 is 0 Å². The van der Waals surface area contributed by atoms with E-state index in [-0.39, 0.29) is 12.4 Å². The number of benzene rings is 2. The monoisotopic (exact) mass is 350 g/mol. The Morgan fingerprint density at radius 3 is 2.44 bits per heavy atom. The van der Waals surface area contributed by atoms with E-state index in [1.54, 1.807) is 12.1 Å². The predicted octanol–water partition coefficient (Wildman–Crippen LogP) is 2.52. The number of hydrogen-bond acceptors (Lipinski definition) is 3. The Labute approximate surface area is 142 Å². The fraction of sp³-hybridized carbons (Fsp3) is 0.118. The van der Waals surface area contributed by atoms with Crippen molar-refractivity contribution >= 4 is 25.4 Å². The first-order valence-electron chi connectivity index (χ1n) is 7.22. The van der Waals surface area contributed by atoms with Gasteiger partial charge in [-0.25, -0.2) is 4.79 Å². The van der Waals surface area contributed by atoms with E-state index < -0.39 is 12.3 Å². The number of ether oxygens (including phenoxy) is 2. The summed E-state index contributed by atoms with van der Waals surface area (Å²) in [5, 5.41) is 8.73. The summed E-state index contributed by atoms with van der Waals surface area (Å²) in [7, 11) is 1.86. The Kier molecular flexibility index (Phi) is 5.74. The molecule has 2 aromatic rings. The SMILES string of the molecule is Bc1ccc(OCc2ccc(OC(F)(F)F)cc2)c(/C=C/C(=O)O)c1. The summed E-state index contributed by atoms with van der Waals surface area (Å²) in [6.45, 7) is 0.114. The van der Waals surface area contributed by atoms with Gasteiger partial charge in [0.25, 0.3) is 0 Å². The van der Waals surface area contributed by atoms with Gasteiger partial charge in [-0.1, -0.05) is 29.7 Å². The van der Waals surface area contributed by atoms with E-state index >= 15 is 0 Å². The number of carboxylic acids is 1. The molecular formula is C17H14BF3O4. The van der Waals surface area contributed by atoms with Crippen LogP contribution in [0.25, 0.3) is 6.08 Å². The van der Waals surface area contributed by atoms with Crippen LogP contribution in [0.2, 0.25) is 0 Å². The molecule has 2 aromatic carbocycles. The third-order valence-electron chi connectivity index (χ3n) is 3.12. The maximum Gasteiger partial charge on any atom is 0.573 e. The van der Waals surface area contributed by atoms with Crippen LogP contribution in [-0.4, -0.2) is 25.3 Å². The smallest absolute Gasteiger partial charge is 0.488 e. The lowest BCUT2D eigenvalue weighted by molar-refractivity contribution is -0.274. The van der Waals surface area contributed by atoms with E-state index in [1.807, 2.05) is 13.9 Å². The second-order valence-corrected chi connectivity index (χ2v) is 5.19. The van der Waals surface area contributed by atoms with Crippen molar-refractivity contribution in [2.75, 3.05) is 0 Å². The third kappa shape index (κ3) is 6.25. The summed E-state index contributed by atoms with van der Waals surface area (Å²) < 4.78 is 45.8. The molecule has 8 heteroatoms. The second kappa shape index (κ2) is 7.78. The zero-order valence-corrected chi connectivity index (χ0v) is 13.2. The molecule has 1 N–H and O–H groups in total. The first kappa shape index (κ1) is 18.4. The van der Waals surface area contributed by atoms with Crippen LogP contribution in [0, 0.1) is 0 Å². The normalized spacial score (nSPS) is 11.5. The minimum atomic E-state index is -4.73.